The number of ether oxygens (including phenoxy) is 1. The van der Waals surface area contributed by atoms with Crippen LogP contribution in [-0.4, -0.2) is 0 Å². The summed E-state index contributed by atoms with van der Waals surface area (Å²) < 4.78 is 12.7. The number of fused-ring (bicyclic) bond motifs is 5. The van der Waals surface area contributed by atoms with Crippen molar-refractivity contribution in [2.75, 3.05) is 0 Å². The minimum Gasteiger partial charge on any atom is -0.456 e. The third kappa shape index (κ3) is 3.70. The summed E-state index contributed by atoms with van der Waals surface area (Å²) in [5.74, 6) is 1.29. The second-order valence-corrected chi connectivity index (χ2v) is 10.8. The van der Waals surface area contributed by atoms with Gasteiger partial charge in [-0.1, -0.05) is 91.0 Å². The lowest BCUT2D eigenvalue weighted by Crippen LogP contribution is -2.26. The average Bonchev–Trinajstić information content (AvgIpc) is 3.00. The Labute approximate surface area is 231 Å². The van der Waals surface area contributed by atoms with Crippen LogP contribution >= 0.6 is 0 Å². The van der Waals surface area contributed by atoms with E-state index in [-0.39, 0.29) is 11.5 Å². The zero-order chi connectivity index (χ0) is 26.6. The Morgan fingerprint density at radius 2 is 1.40 bits per heavy atom. The minimum atomic E-state index is -0.330. The number of benzene rings is 5. The van der Waals surface area contributed by atoms with Crippen molar-refractivity contribution in [1.29, 1.82) is 0 Å². The Kier molecular flexibility index (Phi) is 5.24. The highest BCUT2D eigenvalue weighted by atomic mass is 16.5. The van der Waals surface area contributed by atoms with Gasteiger partial charge in [0.2, 0.25) is 0 Å². The summed E-state index contributed by atoms with van der Waals surface area (Å²) in [5.41, 5.74) is 5.38. The monoisotopic (exact) mass is 518 g/mol. The second kappa shape index (κ2) is 9.10. The number of rotatable bonds is 2. The summed E-state index contributed by atoms with van der Waals surface area (Å²) >= 11 is 0. The maximum absolute atomic E-state index is 13.6. The van der Waals surface area contributed by atoms with E-state index in [1.807, 2.05) is 24.3 Å². The van der Waals surface area contributed by atoms with Crippen molar-refractivity contribution in [3.05, 3.63) is 153 Å². The fraction of sp³-hybridized carbons (Fsp3) is 0.108. The van der Waals surface area contributed by atoms with E-state index in [0.29, 0.717) is 16.9 Å². The highest BCUT2D eigenvalue weighted by Gasteiger charge is 2.38. The zero-order valence-electron chi connectivity index (χ0n) is 21.9. The fourth-order valence-electron chi connectivity index (χ4n) is 6.47. The van der Waals surface area contributed by atoms with Gasteiger partial charge in [0.15, 0.2) is 0 Å². The lowest BCUT2D eigenvalue weighted by molar-refractivity contribution is 0.381. The summed E-state index contributed by atoms with van der Waals surface area (Å²) in [7, 11) is 0. The largest absolute Gasteiger partial charge is 0.456 e. The highest BCUT2D eigenvalue weighted by Crippen LogP contribution is 2.50. The van der Waals surface area contributed by atoms with Crippen LogP contribution in [0.4, 0.5) is 0 Å². The Morgan fingerprint density at radius 1 is 0.700 bits per heavy atom. The molecule has 1 aliphatic carbocycles. The van der Waals surface area contributed by atoms with Crippen molar-refractivity contribution in [3.63, 3.8) is 0 Å². The molecule has 0 spiro atoms. The molecule has 3 heteroatoms. The maximum Gasteiger partial charge on any atom is 0.344 e. The van der Waals surface area contributed by atoms with Crippen LogP contribution in [-0.2, 0) is 0 Å². The number of para-hydroxylation sites is 1. The summed E-state index contributed by atoms with van der Waals surface area (Å²) in [6.07, 6.45) is 5.05. The Hall–Kier alpha value is -4.89. The Bertz CT molecular complexity index is 2090. The maximum atomic E-state index is 13.6. The first-order chi connectivity index (χ1) is 19.7. The van der Waals surface area contributed by atoms with Gasteiger partial charge in [0, 0.05) is 5.92 Å². The molecule has 0 N–H and O–H groups in total. The molecule has 0 bridgehead atoms. The molecule has 40 heavy (non-hydrogen) atoms. The molecule has 3 nitrogen and oxygen atoms in total. The van der Waals surface area contributed by atoms with Crippen LogP contribution in [0.5, 0.6) is 5.75 Å². The summed E-state index contributed by atoms with van der Waals surface area (Å²) in [6, 6.07) is 37.6. The van der Waals surface area contributed by atoms with Gasteiger partial charge in [-0.25, -0.2) is 4.79 Å². The predicted molar refractivity (Wildman–Crippen MR) is 162 cm³/mol. The van der Waals surface area contributed by atoms with Gasteiger partial charge >= 0.3 is 5.63 Å². The second-order valence-electron chi connectivity index (χ2n) is 10.8. The minimum absolute atomic E-state index is 0.232. The third-order valence-corrected chi connectivity index (χ3v) is 8.34. The van der Waals surface area contributed by atoms with E-state index in [1.54, 1.807) is 0 Å². The molecule has 0 fully saturated rings. The third-order valence-electron chi connectivity index (χ3n) is 8.34. The van der Waals surface area contributed by atoms with Crippen LogP contribution in [0.3, 0.4) is 0 Å². The number of allylic oxidation sites excluding steroid dienone is 2. The van der Waals surface area contributed by atoms with Crippen molar-refractivity contribution in [2.45, 2.75) is 25.2 Å². The normalized spacial score (nSPS) is 17.7. The first kappa shape index (κ1) is 23.0. The summed E-state index contributed by atoms with van der Waals surface area (Å²) in [5, 5.41) is 5.60. The van der Waals surface area contributed by atoms with E-state index in [0.717, 1.165) is 52.5 Å². The van der Waals surface area contributed by atoms with Crippen LogP contribution in [0.2, 0.25) is 0 Å². The van der Waals surface area contributed by atoms with Gasteiger partial charge in [0.05, 0.1) is 10.9 Å². The molecular formula is C37H26O3. The molecule has 192 valence electrons. The van der Waals surface area contributed by atoms with E-state index in [2.05, 4.69) is 91.0 Å². The molecule has 6 aromatic rings. The molecule has 1 atom stereocenters. The van der Waals surface area contributed by atoms with E-state index < -0.39 is 0 Å². The van der Waals surface area contributed by atoms with Crippen molar-refractivity contribution in [3.8, 4) is 5.75 Å². The van der Waals surface area contributed by atoms with Crippen molar-refractivity contribution < 1.29 is 9.15 Å². The molecule has 5 aromatic carbocycles. The lowest BCUT2D eigenvalue weighted by Gasteiger charge is -2.34. The Morgan fingerprint density at radius 3 is 2.23 bits per heavy atom. The summed E-state index contributed by atoms with van der Waals surface area (Å²) in [4.78, 5) is 13.6. The fourth-order valence-corrected chi connectivity index (χ4v) is 6.47. The van der Waals surface area contributed by atoms with Crippen LogP contribution in [0, 0.1) is 0 Å². The Balaban J connectivity index is 1.37. The molecule has 0 radical (unpaired) electrons. The first-order valence-electron chi connectivity index (χ1n) is 13.9. The van der Waals surface area contributed by atoms with Gasteiger partial charge < -0.3 is 9.15 Å². The molecule has 0 saturated heterocycles. The molecule has 2 aliphatic rings. The van der Waals surface area contributed by atoms with E-state index in [4.69, 9.17) is 9.15 Å². The van der Waals surface area contributed by atoms with Crippen molar-refractivity contribution in [2.24, 2.45) is 0 Å². The molecule has 2 heterocycles. The van der Waals surface area contributed by atoms with Gasteiger partial charge in [-0.05, 0) is 87.4 Å². The number of hydrogen-bond acceptors (Lipinski definition) is 3. The molecule has 1 aromatic heterocycles. The van der Waals surface area contributed by atoms with E-state index in [1.165, 1.54) is 21.7 Å². The topological polar surface area (TPSA) is 39.4 Å². The molecular weight excluding hydrogens is 492 g/mol. The SMILES string of the molecule is O=c1oc2ccccc2c2c1C(c1ccc3ccccc3c1)C1=C(O2)C(=Cc2ccc3ccccc3c2)CCC1. The van der Waals surface area contributed by atoms with Crippen molar-refractivity contribution in [1.82, 2.24) is 0 Å². The van der Waals surface area contributed by atoms with Gasteiger partial charge in [-0.3, -0.25) is 0 Å². The van der Waals surface area contributed by atoms with E-state index >= 15 is 0 Å². The quantitative estimate of drug-likeness (QED) is 0.215. The highest BCUT2D eigenvalue weighted by molar-refractivity contribution is 5.88. The van der Waals surface area contributed by atoms with Crippen LogP contribution in [0.25, 0.3) is 38.6 Å². The lowest BCUT2D eigenvalue weighted by atomic mass is 9.76. The molecule has 1 unspecified atom stereocenters. The molecule has 8 rings (SSSR count). The first-order valence-corrected chi connectivity index (χ1v) is 13.9. The molecule has 0 amide bonds. The standard InChI is InChI=1S/C37H26O3/c38-37-34-33(28-19-18-25-9-2-4-11-27(25)22-28)31-14-7-12-29(21-23-16-17-24-8-1-3-10-26(24)20-23)35(31)40-36(34)30-13-5-6-15-32(30)39-37/h1-6,8-11,13,15-22,33H,7,12,14H2. The van der Waals surface area contributed by atoms with Crippen LogP contribution in [0.1, 0.15) is 41.9 Å². The van der Waals surface area contributed by atoms with Gasteiger partial charge in [0.25, 0.3) is 0 Å². The van der Waals surface area contributed by atoms with Gasteiger partial charge in [-0.15, -0.1) is 0 Å². The van der Waals surface area contributed by atoms with Gasteiger partial charge in [-0.2, -0.15) is 0 Å². The predicted octanol–water partition coefficient (Wildman–Crippen LogP) is 9.15. The van der Waals surface area contributed by atoms with Crippen molar-refractivity contribution >= 4 is 38.6 Å². The van der Waals surface area contributed by atoms with Gasteiger partial charge in [0.1, 0.15) is 17.1 Å². The molecule has 0 saturated carbocycles. The number of hydrogen-bond donors (Lipinski definition) is 0. The van der Waals surface area contributed by atoms with Crippen LogP contribution < -0.4 is 10.4 Å². The van der Waals surface area contributed by atoms with E-state index in [9.17, 15) is 4.79 Å². The average molecular weight is 519 g/mol. The zero-order valence-corrected chi connectivity index (χ0v) is 21.9. The summed E-state index contributed by atoms with van der Waals surface area (Å²) in [6.45, 7) is 0. The van der Waals surface area contributed by atoms with Crippen LogP contribution in [0.15, 0.2) is 135 Å². The smallest absolute Gasteiger partial charge is 0.344 e. The molecule has 1 aliphatic heterocycles.